The molecule has 0 bridgehead atoms. The van der Waals surface area contributed by atoms with Gasteiger partial charge in [0.25, 0.3) is 0 Å². The van der Waals surface area contributed by atoms with E-state index in [2.05, 4.69) is 36.7 Å². The van der Waals surface area contributed by atoms with Crippen LogP contribution >= 0.6 is 24.4 Å². The van der Waals surface area contributed by atoms with Crippen molar-refractivity contribution in [1.29, 1.82) is 0 Å². The number of aryl methyl sites for hydroxylation is 1. The fourth-order valence-electron chi connectivity index (χ4n) is 1.55. The fourth-order valence-corrected chi connectivity index (χ4v) is 1.93. The van der Waals surface area contributed by atoms with Gasteiger partial charge < -0.3 is 15.2 Å². The summed E-state index contributed by atoms with van der Waals surface area (Å²) in [7, 11) is 1.88. The summed E-state index contributed by atoms with van der Waals surface area (Å²) in [5.74, 6) is 0. The highest BCUT2D eigenvalue weighted by atomic mass is 32.1. The monoisotopic (exact) mass is 354 g/mol. The van der Waals surface area contributed by atoms with Crippen molar-refractivity contribution in [3.8, 4) is 0 Å². The number of nitrogens with one attached hydrogen (secondary N) is 4. The van der Waals surface area contributed by atoms with Gasteiger partial charge in [-0.15, -0.1) is 0 Å². The van der Waals surface area contributed by atoms with Crippen molar-refractivity contribution in [1.82, 2.24) is 31.0 Å². The summed E-state index contributed by atoms with van der Waals surface area (Å²) in [6, 6.07) is 0. The largest absolute Gasteiger partial charge is 0.362 e. The minimum atomic E-state index is 0.435. The maximum absolute atomic E-state index is 5.11. The van der Waals surface area contributed by atoms with Crippen LogP contribution in [0.4, 0.5) is 0 Å². The molecule has 0 aromatic carbocycles. The predicted octanol–water partition coefficient (Wildman–Crippen LogP) is 0.468. The molecule has 1 rings (SSSR count). The van der Waals surface area contributed by atoms with Gasteiger partial charge >= 0.3 is 0 Å². The first-order chi connectivity index (χ1) is 11.0. The maximum Gasteiger partial charge on any atom is 0.186 e. The Kier molecular flexibility index (Phi) is 8.13. The molecule has 0 aliphatic rings. The molecule has 1 heterocycles. The standard InChI is InChI=1S/C13H22N8S2/c1-5-14-12(22)19-17-9(3)11(10-7-21(4)8-16-10)18-20-13(23)15-6-2/h7-8H,5-6H2,1-4H3,(H2,14,19,22)(H2,15,20,23)/b17-9+,18-11-. The number of hydrogen-bond acceptors (Lipinski definition) is 5. The van der Waals surface area contributed by atoms with Crippen LogP contribution in [-0.4, -0.2) is 44.3 Å². The summed E-state index contributed by atoms with van der Waals surface area (Å²) < 4.78 is 1.83. The van der Waals surface area contributed by atoms with Crippen LogP contribution in [0.15, 0.2) is 22.7 Å². The van der Waals surface area contributed by atoms with Crippen molar-refractivity contribution in [3.05, 3.63) is 18.2 Å². The van der Waals surface area contributed by atoms with Gasteiger partial charge in [0.1, 0.15) is 11.4 Å². The van der Waals surface area contributed by atoms with Gasteiger partial charge in [0, 0.05) is 26.3 Å². The van der Waals surface area contributed by atoms with E-state index in [1.165, 1.54) is 0 Å². The molecule has 23 heavy (non-hydrogen) atoms. The molecule has 0 spiro atoms. The molecule has 0 amide bonds. The number of hydrogen-bond donors (Lipinski definition) is 4. The molecule has 10 heteroatoms. The van der Waals surface area contributed by atoms with Gasteiger partial charge in [0.2, 0.25) is 0 Å². The molecule has 0 atom stereocenters. The van der Waals surface area contributed by atoms with Crippen LogP contribution in [0.25, 0.3) is 0 Å². The number of imidazole rings is 1. The minimum absolute atomic E-state index is 0.435. The van der Waals surface area contributed by atoms with Crippen LogP contribution in [0.1, 0.15) is 26.5 Å². The molecule has 0 fully saturated rings. The zero-order chi connectivity index (χ0) is 17.2. The van der Waals surface area contributed by atoms with Crippen LogP contribution in [0.2, 0.25) is 0 Å². The summed E-state index contributed by atoms with van der Waals surface area (Å²) in [4.78, 5) is 4.30. The summed E-state index contributed by atoms with van der Waals surface area (Å²) in [6.07, 6.45) is 3.54. The Labute approximate surface area is 146 Å². The molecule has 0 radical (unpaired) electrons. The Morgan fingerprint density at radius 2 is 1.70 bits per heavy atom. The molecule has 8 nitrogen and oxygen atoms in total. The van der Waals surface area contributed by atoms with Gasteiger partial charge in [-0.25, -0.2) is 4.98 Å². The van der Waals surface area contributed by atoms with E-state index in [9.17, 15) is 0 Å². The third kappa shape index (κ3) is 6.70. The first kappa shape index (κ1) is 19.0. The molecule has 0 saturated carbocycles. The summed E-state index contributed by atoms with van der Waals surface area (Å²) >= 11 is 10.2. The molecule has 0 aliphatic heterocycles. The lowest BCUT2D eigenvalue weighted by Crippen LogP contribution is -2.35. The predicted molar refractivity (Wildman–Crippen MR) is 102 cm³/mol. The zero-order valence-corrected chi connectivity index (χ0v) is 15.3. The van der Waals surface area contributed by atoms with Crippen LogP contribution in [-0.2, 0) is 7.05 Å². The van der Waals surface area contributed by atoms with Crippen molar-refractivity contribution < 1.29 is 0 Å². The lowest BCUT2D eigenvalue weighted by Gasteiger charge is -2.08. The summed E-state index contributed by atoms with van der Waals surface area (Å²) in [5.41, 5.74) is 7.42. The van der Waals surface area contributed by atoms with Crippen molar-refractivity contribution in [3.63, 3.8) is 0 Å². The van der Waals surface area contributed by atoms with E-state index < -0.39 is 0 Å². The molecule has 1 aromatic heterocycles. The average Bonchev–Trinajstić information content (AvgIpc) is 2.92. The fraction of sp³-hybridized carbons (Fsp3) is 0.462. The molecule has 0 saturated heterocycles. The topological polar surface area (TPSA) is 90.7 Å². The number of thiocarbonyl (C=S) groups is 2. The third-order valence-electron chi connectivity index (χ3n) is 2.56. The van der Waals surface area contributed by atoms with E-state index >= 15 is 0 Å². The van der Waals surface area contributed by atoms with Gasteiger partial charge in [-0.2, -0.15) is 10.2 Å². The van der Waals surface area contributed by atoms with E-state index in [0.29, 0.717) is 33.9 Å². The van der Waals surface area contributed by atoms with Gasteiger partial charge in [-0.1, -0.05) is 0 Å². The van der Waals surface area contributed by atoms with Crippen LogP contribution in [0.3, 0.4) is 0 Å². The Hall–Kier alpha value is -2.07. The SMILES string of the molecule is CCNC(=S)N/N=C(C)/C(=N/NC(=S)NCC)c1cn(C)cn1. The smallest absolute Gasteiger partial charge is 0.186 e. The lowest BCUT2D eigenvalue weighted by atomic mass is 10.2. The summed E-state index contributed by atoms with van der Waals surface area (Å²) in [6.45, 7) is 7.16. The van der Waals surface area contributed by atoms with Crippen LogP contribution < -0.4 is 21.5 Å². The molecule has 1 aromatic rings. The highest BCUT2D eigenvalue weighted by molar-refractivity contribution is 7.80. The van der Waals surface area contributed by atoms with Crippen LogP contribution in [0, 0.1) is 0 Å². The minimum Gasteiger partial charge on any atom is -0.362 e. The summed E-state index contributed by atoms with van der Waals surface area (Å²) in [5, 5.41) is 15.3. The lowest BCUT2D eigenvalue weighted by molar-refractivity contribution is 0.896. The van der Waals surface area contributed by atoms with E-state index in [-0.39, 0.29) is 0 Å². The van der Waals surface area contributed by atoms with E-state index in [0.717, 1.165) is 6.54 Å². The third-order valence-corrected chi connectivity index (χ3v) is 3.03. The highest BCUT2D eigenvalue weighted by Gasteiger charge is 2.12. The Morgan fingerprint density at radius 1 is 1.13 bits per heavy atom. The number of rotatable bonds is 6. The molecular formula is C13H22N8S2. The van der Waals surface area contributed by atoms with E-state index in [1.807, 2.05) is 38.6 Å². The van der Waals surface area contributed by atoms with Crippen LogP contribution in [0.5, 0.6) is 0 Å². The van der Waals surface area contributed by atoms with Gasteiger partial charge in [-0.05, 0) is 45.2 Å². The van der Waals surface area contributed by atoms with Gasteiger partial charge in [0.05, 0.1) is 12.0 Å². The Balaban J connectivity index is 2.94. The second kappa shape index (κ2) is 9.85. The Morgan fingerprint density at radius 3 is 2.17 bits per heavy atom. The molecule has 0 unspecified atom stereocenters. The second-order valence-corrected chi connectivity index (χ2v) is 5.34. The van der Waals surface area contributed by atoms with Crippen molar-refractivity contribution in [2.24, 2.45) is 17.3 Å². The maximum atomic E-state index is 5.11. The number of nitrogens with zero attached hydrogens (tertiary/aromatic N) is 4. The van der Waals surface area contributed by atoms with E-state index in [1.54, 1.807) is 6.33 Å². The van der Waals surface area contributed by atoms with Crippen molar-refractivity contribution >= 4 is 46.1 Å². The quantitative estimate of drug-likeness (QED) is 0.335. The average molecular weight is 355 g/mol. The zero-order valence-electron chi connectivity index (χ0n) is 13.7. The molecule has 126 valence electrons. The normalized spacial score (nSPS) is 11.8. The number of hydrazone groups is 2. The van der Waals surface area contributed by atoms with Gasteiger partial charge in [-0.3, -0.25) is 10.9 Å². The molecule has 0 aliphatic carbocycles. The first-order valence-corrected chi connectivity index (χ1v) is 7.97. The molecule has 4 N–H and O–H groups in total. The van der Waals surface area contributed by atoms with Crippen molar-refractivity contribution in [2.45, 2.75) is 20.8 Å². The molecular weight excluding hydrogens is 332 g/mol. The first-order valence-electron chi connectivity index (χ1n) is 7.16. The Bertz CT molecular complexity index is 605. The van der Waals surface area contributed by atoms with Crippen molar-refractivity contribution in [2.75, 3.05) is 13.1 Å². The number of aromatic nitrogens is 2. The van der Waals surface area contributed by atoms with E-state index in [4.69, 9.17) is 24.4 Å². The highest BCUT2D eigenvalue weighted by Crippen LogP contribution is 2.00. The second-order valence-electron chi connectivity index (χ2n) is 4.52. The van der Waals surface area contributed by atoms with Gasteiger partial charge in [0.15, 0.2) is 10.2 Å².